The highest BCUT2D eigenvalue weighted by atomic mass is 127. The Hall–Kier alpha value is -0.140. The fraction of sp³-hybridized carbons (Fsp3) is 0. The molecule has 0 heterocycles. The van der Waals surface area contributed by atoms with Crippen LogP contribution < -0.4 is 2.52 Å². The minimum Gasteiger partial charge on any atom is -0.289 e. The maximum absolute atomic E-state index is 10.5. The van der Waals surface area contributed by atoms with Gasteiger partial charge in [-0.1, -0.05) is 18.2 Å². The Morgan fingerprint density at radius 2 is 1.91 bits per heavy atom. The lowest BCUT2D eigenvalue weighted by Crippen LogP contribution is -2.10. The van der Waals surface area contributed by atoms with Gasteiger partial charge in [0.2, 0.25) is 0 Å². The van der Waals surface area contributed by atoms with Gasteiger partial charge in [0.15, 0.2) is 0 Å². The van der Waals surface area contributed by atoms with E-state index in [1.165, 1.54) is 2.52 Å². The molecule has 0 saturated carbocycles. The standard InChI is InChI=1S/C6H6INO2S/c7-8(11(9)10)6-4-2-1-3-5-6/h1-5H,(H,9,10). The smallest absolute Gasteiger partial charge is 0.271 e. The molecule has 1 N–H and O–H groups in total. The van der Waals surface area contributed by atoms with Crippen molar-refractivity contribution in [2.75, 3.05) is 2.52 Å². The highest BCUT2D eigenvalue weighted by Gasteiger charge is 2.05. The van der Waals surface area contributed by atoms with Gasteiger partial charge in [0.05, 0.1) is 28.6 Å². The summed E-state index contributed by atoms with van der Waals surface area (Å²) in [6, 6.07) is 9.01. The van der Waals surface area contributed by atoms with Gasteiger partial charge in [-0.05, 0) is 12.1 Å². The van der Waals surface area contributed by atoms with E-state index < -0.39 is 11.3 Å². The minimum absolute atomic E-state index is 0.717. The molecule has 0 aliphatic rings. The van der Waals surface area contributed by atoms with E-state index in [1.807, 2.05) is 18.2 Å². The molecule has 1 aromatic carbocycles. The van der Waals surface area contributed by atoms with Crippen molar-refractivity contribution in [2.45, 2.75) is 0 Å². The maximum atomic E-state index is 10.5. The quantitative estimate of drug-likeness (QED) is 0.512. The summed E-state index contributed by atoms with van der Waals surface area (Å²) in [4.78, 5) is 0. The van der Waals surface area contributed by atoms with Crippen LogP contribution in [0.1, 0.15) is 0 Å². The molecule has 0 aliphatic heterocycles. The summed E-state index contributed by atoms with van der Waals surface area (Å²) >= 11 is -0.161. The second kappa shape index (κ2) is 4.03. The number of anilines is 1. The third-order valence-electron chi connectivity index (χ3n) is 1.10. The van der Waals surface area contributed by atoms with Gasteiger partial charge in [0.25, 0.3) is 11.3 Å². The molecule has 0 aliphatic carbocycles. The van der Waals surface area contributed by atoms with Crippen molar-refractivity contribution in [3.05, 3.63) is 30.3 Å². The van der Waals surface area contributed by atoms with E-state index in [2.05, 4.69) is 0 Å². The maximum Gasteiger partial charge on any atom is 0.271 e. The highest BCUT2D eigenvalue weighted by molar-refractivity contribution is 14.1. The number of rotatable bonds is 2. The predicted octanol–water partition coefficient (Wildman–Crippen LogP) is 1.98. The van der Waals surface area contributed by atoms with E-state index in [0.29, 0.717) is 5.69 Å². The van der Waals surface area contributed by atoms with E-state index in [0.717, 1.165) is 0 Å². The number of hydrogen-bond acceptors (Lipinski definition) is 1. The van der Waals surface area contributed by atoms with Crippen LogP contribution >= 0.6 is 22.9 Å². The molecule has 0 fully saturated rings. The average Bonchev–Trinajstić information content (AvgIpc) is 2.05. The Balaban J connectivity index is 2.85. The minimum atomic E-state index is -1.94. The Morgan fingerprint density at radius 1 is 1.36 bits per heavy atom. The molecule has 0 bridgehead atoms. The van der Waals surface area contributed by atoms with Crippen LogP contribution in [-0.4, -0.2) is 8.76 Å². The summed E-state index contributed by atoms with van der Waals surface area (Å²) in [5.74, 6) is 0. The first kappa shape index (κ1) is 8.95. The van der Waals surface area contributed by atoms with Crippen molar-refractivity contribution in [3.8, 4) is 0 Å². The molecule has 11 heavy (non-hydrogen) atoms. The highest BCUT2D eigenvalue weighted by Crippen LogP contribution is 2.18. The molecule has 1 aromatic rings. The summed E-state index contributed by atoms with van der Waals surface area (Å²) in [7, 11) is 0. The summed E-state index contributed by atoms with van der Waals surface area (Å²) in [6.07, 6.45) is 0. The van der Waals surface area contributed by atoms with Gasteiger partial charge < -0.3 is 0 Å². The largest absolute Gasteiger partial charge is 0.289 e. The van der Waals surface area contributed by atoms with E-state index >= 15 is 0 Å². The zero-order valence-corrected chi connectivity index (χ0v) is 8.45. The van der Waals surface area contributed by atoms with Gasteiger partial charge in [0, 0.05) is 0 Å². The number of para-hydroxylation sites is 1. The van der Waals surface area contributed by atoms with Crippen molar-refractivity contribution >= 4 is 39.8 Å². The lowest BCUT2D eigenvalue weighted by molar-refractivity contribution is 0.568. The fourth-order valence-corrected chi connectivity index (χ4v) is 1.26. The lowest BCUT2D eigenvalue weighted by Gasteiger charge is -2.09. The summed E-state index contributed by atoms with van der Waals surface area (Å²) in [6.45, 7) is 0. The monoisotopic (exact) mass is 283 g/mol. The van der Waals surface area contributed by atoms with Gasteiger partial charge in [-0.3, -0.25) is 4.55 Å². The molecule has 3 nitrogen and oxygen atoms in total. The van der Waals surface area contributed by atoms with Crippen LogP contribution in [0.2, 0.25) is 0 Å². The average molecular weight is 283 g/mol. The van der Waals surface area contributed by atoms with Gasteiger partial charge in [-0.25, -0.2) is 6.73 Å². The Kier molecular flexibility index (Phi) is 3.28. The Morgan fingerprint density at radius 3 is 2.36 bits per heavy atom. The van der Waals surface area contributed by atoms with Crippen LogP contribution in [0.5, 0.6) is 0 Å². The Bertz CT molecular complexity index is 254. The normalized spacial score (nSPS) is 12.5. The molecular formula is C6H6INO2S. The van der Waals surface area contributed by atoms with Crippen LogP contribution in [0.25, 0.3) is 0 Å². The third kappa shape index (κ3) is 2.42. The van der Waals surface area contributed by atoms with Crippen LogP contribution in [0.15, 0.2) is 30.3 Å². The van der Waals surface area contributed by atoms with E-state index in [9.17, 15) is 4.21 Å². The van der Waals surface area contributed by atoms with Gasteiger partial charge in [-0.15, -0.1) is 0 Å². The van der Waals surface area contributed by atoms with Crippen LogP contribution in [0.3, 0.4) is 0 Å². The number of nitrogens with zero attached hydrogens (tertiary/aromatic N) is 1. The van der Waals surface area contributed by atoms with Crippen molar-refractivity contribution < 1.29 is 8.76 Å². The second-order valence-corrected chi connectivity index (χ2v) is 4.26. The number of benzene rings is 1. The predicted molar refractivity (Wildman–Crippen MR) is 53.7 cm³/mol. The van der Waals surface area contributed by atoms with Crippen LogP contribution in [0, 0.1) is 0 Å². The molecule has 1 unspecified atom stereocenters. The van der Waals surface area contributed by atoms with E-state index in [1.54, 1.807) is 35.0 Å². The molecule has 0 saturated heterocycles. The Labute approximate surface area is 81.3 Å². The molecule has 60 valence electrons. The molecular weight excluding hydrogens is 277 g/mol. The topological polar surface area (TPSA) is 40.5 Å². The molecule has 0 spiro atoms. The first-order valence-corrected chi connectivity index (χ1v) is 4.86. The molecule has 0 aromatic heterocycles. The zero-order valence-electron chi connectivity index (χ0n) is 5.48. The summed E-state index contributed by atoms with van der Waals surface area (Å²) in [5, 5.41) is 0. The molecule has 1 rings (SSSR count). The van der Waals surface area contributed by atoms with Crippen molar-refractivity contribution in [3.63, 3.8) is 0 Å². The summed E-state index contributed by atoms with van der Waals surface area (Å²) in [5.41, 5.74) is 0.717. The molecule has 0 amide bonds. The van der Waals surface area contributed by atoms with Crippen molar-refractivity contribution in [1.82, 2.24) is 0 Å². The van der Waals surface area contributed by atoms with Crippen molar-refractivity contribution in [1.29, 1.82) is 0 Å². The molecule has 1 atom stereocenters. The van der Waals surface area contributed by atoms with Gasteiger partial charge in [0.1, 0.15) is 0 Å². The van der Waals surface area contributed by atoms with Gasteiger partial charge in [-0.2, -0.15) is 0 Å². The fourth-order valence-electron chi connectivity index (χ4n) is 0.635. The second-order valence-electron chi connectivity index (χ2n) is 1.81. The number of hydrogen-bond donors (Lipinski definition) is 1. The lowest BCUT2D eigenvalue weighted by atomic mass is 10.3. The van der Waals surface area contributed by atoms with Crippen molar-refractivity contribution in [2.24, 2.45) is 0 Å². The van der Waals surface area contributed by atoms with E-state index in [-0.39, 0.29) is 0 Å². The van der Waals surface area contributed by atoms with E-state index in [4.69, 9.17) is 4.55 Å². The third-order valence-corrected chi connectivity index (χ3v) is 3.15. The molecule has 5 heteroatoms. The first-order chi connectivity index (χ1) is 5.22. The SMILES string of the molecule is O=S(O)N(I)c1ccccc1. The zero-order chi connectivity index (χ0) is 8.27. The van der Waals surface area contributed by atoms with Crippen LogP contribution in [-0.2, 0) is 11.3 Å². The summed E-state index contributed by atoms with van der Waals surface area (Å²) < 4.78 is 20.4. The first-order valence-electron chi connectivity index (χ1n) is 2.84. The molecule has 0 radical (unpaired) electrons. The number of halogens is 1. The van der Waals surface area contributed by atoms with Crippen LogP contribution in [0.4, 0.5) is 5.69 Å². The van der Waals surface area contributed by atoms with Gasteiger partial charge >= 0.3 is 0 Å².